The topological polar surface area (TPSA) is 59.2 Å². The SMILES string of the molecule is COCCOc1cccc(NCc2cnc[nH]2)c1. The molecule has 2 rings (SSSR count). The minimum Gasteiger partial charge on any atom is -0.491 e. The quantitative estimate of drug-likeness (QED) is 0.735. The molecular formula is C13H17N3O2. The molecule has 0 aliphatic heterocycles. The van der Waals surface area contributed by atoms with Gasteiger partial charge in [-0.05, 0) is 12.1 Å². The van der Waals surface area contributed by atoms with Crippen LogP contribution in [0.15, 0.2) is 36.8 Å². The summed E-state index contributed by atoms with van der Waals surface area (Å²) in [6, 6.07) is 7.85. The molecule has 18 heavy (non-hydrogen) atoms. The second kappa shape index (κ2) is 6.66. The fraction of sp³-hybridized carbons (Fsp3) is 0.308. The Kier molecular flexibility index (Phi) is 4.60. The van der Waals surface area contributed by atoms with Gasteiger partial charge in [-0.15, -0.1) is 0 Å². The van der Waals surface area contributed by atoms with Crippen LogP contribution in [0.25, 0.3) is 0 Å². The third-order valence-corrected chi connectivity index (χ3v) is 2.43. The first-order chi connectivity index (χ1) is 8.88. The molecule has 0 unspecified atom stereocenters. The first-order valence-electron chi connectivity index (χ1n) is 5.81. The van der Waals surface area contributed by atoms with Crippen LogP contribution in [0.2, 0.25) is 0 Å². The van der Waals surface area contributed by atoms with Crippen LogP contribution < -0.4 is 10.1 Å². The zero-order valence-electron chi connectivity index (χ0n) is 10.3. The summed E-state index contributed by atoms with van der Waals surface area (Å²) >= 11 is 0. The molecule has 2 N–H and O–H groups in total. The molecule has 0 spiro atoms. The number of imidazole rings is 1. The summed E-state index contributed by atoms with van der Waals surface area (Å²) in [5.74, 6) is 0.835. The summed E-state index contributed by atoms with van der Waals surface area (Å²) in [6.07, 6.45) is 3.47. The van der Waals surface area contributed by atoms with Gasteiger partial charge in [-0.2, -0.15) is 0 Å². The van der Waals surface area contributed by atoms with E-state index in [9.17, 15) is 0 Å². The lowest BCUT2D eigenvalue weighted by Crippen LogP contribution is -2.05. The van der Waals surface area contributed by atoms with Crippen molar-refractivity contribution in [3.63, 3.8) is 0 Å². The third kappa shape index (κ3) is 3.78. The highest BCUT2D eigenvalue weighted by atomic mass is 16.5. The maximum atomic E-state index is 5.54. The fourth-order valence-corrected chi connectivity index (χ4v) is 1.52. The number of aromatic amines is 1. The van der Waals surface area contributed by atoms with E-state index in [0.29, 0.717) is 19.8 Å². The molecule has 2 aromatic rings. The Morgan fingerprint density at radius 3 is 3.06 bits per heavy atom. The van der Waals surface area contributed by atoms with Gasteiger partial charge < -0.3 is 19.8 Å². The molecule has 0 fully saturated rings. The van der Waals surface area contributed by atoms with Crippen LogP contribution in [0.1, 0.15) is 5.69 Å². The molecule has 1 heterocycles. The molecular weight excluding hydrogens is 230 g/mol. The monoisotopic (exact) mass is 247 g/mol. The van der Waals surface area contributed by atoms with Crippen LogP contribution in [-0.2, 0) is 11.3 Å². The summed E-state index contributed by atoms with van der Waals surface area (Å²) < 4.78 is 10.5. The van der Waals surface area contributed by atoms with Crippen molar-refractivity contribution in [2.45, 2.75) is 6.54 Å². The molecule has 5 nitrogen and oxygen atoms in total. The Labute approximate surface area is 106 Å². The molecule has 0 aliphatic carbocycles. The Morgan fingerprint density at radius 1 is 1.33 bits per heavy atom. The van der Waals surface area contributed by atoms with E-state index in [2.05, 4.69) is 15.3 Å². The Balaban J connectivity index is 1.86. The van der Waals surface area contributed by atoms with E-state index in [0.717, 1.165) is 17.1 Å². The van der Waals surface area contributed by atoms with E-state index in [-0.39, 0.29) is 0 Å². The molecule has 0 atom stereocenters. The summed E-state index contributed by atoms with van der Waals surface area (Å²) in [4.78, 5) is 7.01. The van der Waals surface area contributed by atoms with Crippen LogP contribution in [-0.4, -0.2) is 30.3 Å². The number of rotatable bonds is 7. The first kappa shape index (κ1) is 12.4. The predicted molar refractivity (Wildman–Crippen MR) is 69.7 cm³/mol. The van der Waals surface area contributed by atoms with Gasteiger partial charge in [0.15, 0.2) is 0 Å². The fourth-order valence-electron chi connectivity index (χ4n) is 1.52. The van der Waals surface area contributed by atoms with E-state index < -0.39 is 0 Å². The average Bonchev–Trinajstić information content (AvgIpc) is 2.90. The lowest BCUT2D eigenvalue weighted by Gasteiger charge is -2.09. The van der Waals surface area contributed by atoms with E-state index in [4.69, 9.17) is 9.47 Å². The summed E-state index contributed by atoms with van der Waals surface area (Å²) in [6.45, 7) is 1.85. The molecule has 0 aliphatic rings. The van der Waals surface area contributed by atoms with Crippen molar-refractivity contribution in [2.24, 2.45) is 0 Å². The van der Waals surface area contributed by atoms with Crippen LogP contribution in [0.5, 0.6) is 5.75 Å². The Hall–Kier alpha value is -2.01. The molecule has 5 heteroatoms. The molecule has 96 valence electrons. The van der Waals surface area contributed by atoms with Gasteiger partial charge in [0.25, 0.3) is 0 Å². The van der Waals surface area contributed by atoms with Gasteiger partial charge in [-0.1, -0.05) is 6.07 Å². The Morgan fingerprint density at radius 2 is 2.28 bits per heavy atom. The standard InChI is InChI=1S/C13H17N3O2/c1-17-5-6-18-13-4-2-3-11(7-13)15-9-12-8-14-10-16-12/h2-4,7-8,10,15H,5-6,9H2,1H3,(H,14,16). The molecule has 0 radical (unpaired) electrons. The van der Waals surface area contributed by atoms with Crippen molar-refractivity contribution >= 4 is 5.69 Å². The number of H-pyrrole nitrogens is 1. The number of benzene rings is 1. The summed E-state index contributed by atoms with van der Waals surface area (Å²) in [7, 11) is 1.66. The van der Waals surface area contributed by atoms with Crippen molar-refractivity contribution in [3.8, 4) is 5.75 Å². The van der Waals surface area contributed by atoms with Gasteiger partial charge in [0, 0.05) is 25.1 Å². The van der Waals surface area contributed by atoms with Gasteiger partial charge in [-0.25, -0.2) is 4.98 Å². The molecule has 0 bridgehead atoms. The molecule has 0 saturated heterocycles. The van der Waals surface area contributed by atoms with Gasteiger partial charge in [0.2, 0.25) is 0 Å². The zero-order chi connectivity index (χ0) is 12.6. The lowest BCUT2D eigenvalue weighted by atomic mass is 10.3. The van der Waals surface area contributed by atoms with Gasteiger partial charge in [0.05, 0.1) is 25.2 Å². The van der Waals surface area contributed by atoms with Crippen molar-refractivity contribution in [2.75, 3.05) is 25.6 Å². The van der Waals surface area contributed by atoms with Crippen LogP contribution in [0.4, 0.5) is 5.69 Å². The van der Waals surface area contributed by atoms with Crippen LogP contribution >= 0.6 is 0 Å². The summed E-state index contributed by atoms with van der Waals surface area (Å²) in [5.41, 5.74) is 2.06. The van der Waals surface area contributed by atoms with Crippen molar-refractivity contribution in [1.82, 2.24) is 9.97 Å². The first-order valence-corrected chi connectivity index (χ1v) is 5.81. The van der Waals surface area contributed by atoms with Gasteiger partial charge >= 0.3 is 0 Å². The highest BCUT2D eigenvalue weighted by Crippen LogP contribution is 2.17. The molecule has 0 amide bonds. The number of nitrogens with zero attached hydrogens (tertiary/aromatic N) is 1. The normalized spacial score (nSPS) is 10.3. The number of aromatic nitrogens is 2. The number of methoxy groups -OCH3 is 1. The number of anilines is 1. The van der Waals surface area contributed by atoms with Gasteiger partial charge in [0.1, 0.15) is 12.4 Å². The number of nitrogens with one attached hydrogen (secondary N) is 2. The minimum atomic E-state index is 0.556. The highest BCUT2D eigenvalue weighted by molar-refractivity contribution is 5.48. The van der Waals surface area contributed by atoms with Crippen molar-refractivity contribution in [3.05, 3.63) is 42.5 Å². The molecule has 1 aromatic carbocycles. The second-order valence-corrected chi connectivity index (χ2v) is 3.80. The van der Waals surface area contributed by atoms with E-state index in [1.165, 1.54) is 0 Å². The zero-order valence-corrected chi connectivity index (χ0v) is 10.3. The molecule has 0 saturated carbocycles. The predicted octanol–water partition coefficient (Wildman–Crippen LogP) is 2.05. The number of hydrogen-bond acceptors (Lipinski definition) is 4. The maximum absolute atomic E-state index is 5.54. The third-order valence-electron chi connectivity index (χ3n) is 2.43. The largest absolute Gasteiger partial charge is 0.491 e. The minimum absolute atomic E-state index is 0.556. The Bertz CT molecular complexity index is 457. The highest BCUT2D eigenvalue weighted by Gasteiger charge is 1.98. The summed E-state index contributed by atoms with van der Waals surface area (Å²) in [5, 5.41) is 3.30. The number of hydrogen-bond donors (Lipinski definition) is 2. The smallest absolute Gasteiger partial charge is 0.121 e. The number of ether oxygens (including phenoxy) is 2. The van der Waals surface area contributed by atoms with E-state index in [1.807, 2.05) is 24.3 Å². The van der Waals surface area contributed by atoms with E-state index >= 15 is 0 Å². The van der Waals surface area contributed by atoms with Gasteiger partial charge in [-0.3, -0.25) is 0 Å². The second-order valence-electron chi connectivity index (χ2n) is 3.80. The van der Waals surface area contributed by atoms with Crippen molar-refractivity contribution < 1.29 is 9.47 Å². The van der Waals surface area contributed by atoms with E-state index in [1.54, 1.807) is 19.6 Å². The van der Waals surface area contributed by atoms with Crippen LogP contribution in [0, 0.1) is 0 Å². The lowest BCUT2D eigenvalue weighted by molar-refractivity contribution is 0.146. The average molecular weight is 247 g/mol. The maximum Gasteiger partial charge on any atom is 0.121 e. The molecule has 1 aromatic heterocycles. The van der Waals surface area contributed by atoms with Crippen molar-refractivity contribution in [1.29, 1.82) is 0 Å². The van der Waals surface area contributed by atoms with Crippen LogP contribution in [0.3, 0.4) is 0 Å².